The Bertz CT molecular complexity index is 877. The van der Waals surface area contributed by atoms with Crippen molar-refractivity contribution in [2.45, 2.75) is 25.2 Å². The number of nitrogens with zero attached hydrogens (tertiary/aromatic N) is 3. The molecule has 3 aromatic rings. The van der Waals surface area contributed by atoms with Gasteiger partial charge in [0, 0.05) is 23.5 Å². The average molecular weight is 371 g/mol. The summed E-state index contributed by atoms with van der Waals surface area (Å²) in [5.74, 6) is 0.786. The Morgan fingerprint density at radius 3 is 2.88 bits per heavy atom. The van der Waals surface area contributed by atoms with Gasteiger partial charge in [0.2, 0.25) is 17.7 Å². The number of aromatic nitrogens is 2. The molecule has 1 fully saturated rings. The van der Waals surface area contributed by atoms with Crippen molar-refractivity contribution in [3.05, 3.63) is 58.4 Å². The molecule has 0 saturated carbocycles. The number of hydrogen-bond donors (Lipinski definition) is 0. The molecule has 1 aliphatic heterocycles. The summed E-state index contributed by atoms with van der Waals surface area (Å²) in [6.45, 7) is 1.36. The highest BCUT2D eigenvalue weighted by Gasteiger charge is 2.28. The number of carbonyl (C=O) groups excluding carboxylic acids is 1. The molecule has 1 aromatic carbocycles. The standard InChI is InChI=1S/C19H18FN3O2S/c20-15-7-5-13(6-8-15)18-21-22-19(25-18)14-3-1-9-23(12-14)17(24)11-16-4-2-10-26-16/h2,4-8,10,14H,1,3,9,11-12H2. The van der Waals surface area contributed by atoms with Crippen LogP contribution in [0.1, 0.15) is 29.5 Å². The van der Waals surface area contributed by atoms with Crippen LogP contribution in [0, 0.1) is 5.82 Å². The minimum absolute atomic E-state index is 0.0396. The summed E-state index contributed by atoms with van der Waals surface area (Å²) < 4.78 is 18.9. The second kappa shape index (κ2) is 7.37. The van der Waals surface area contributed by atoms with Crippen LogP contribution in [0.4, 0.5) is 4.39 Å². The lowest BCUT2D eigenvalue weighted by atomic mass is 9.97. The molecule has 3 heterocycles. The van der Waals surface area contributed by atoms with Gasteiger partial charge in [-0.3, -0.25) is 4.79 Å². The summed E-state index contributed by atoms with van der Waals surface area (Å²) in [5.41, 5.74) is 0.687. The fourth-order valence-electron chi connectivity index (χ4n) is 3.19. The van der Waals surface area contributed by atoms with E-state index in [1.54, 1.807) is 23.5 Å². The molecule has 1 amide bonds. The first-order chi connectivity index (χ1) is 12.7. The largest absolute Gasteiger partial charge is 0.420 e. The zero-order valence-corrected chi connectivity index (χ0v) is 14.9. The summed E-state index contributed by atoms with van der Waals surface area (Å²) in [4.78, 5) is 15.5. The van der Waals surface area contributed by atoms with Gasteiger partial charge in [-0.25, -0.2) is 4.39 Å². The first-order valence-electron chi connectivity index (χ1n) is 8.58. The van der Waals surface area contributed by atoms with Crippen LogP contribution in [-0.2, 0) is 11.2 Å². The van der Waals surface area contributed by atoms with Crippen LogP contribution in [-0.4, -0.2) is 34.1 Å². The smallest absolute Gasteiger partial charge is 0.247 e. The second-order valence-electron chi connectivity index (χ2n) is 6.39. The number of rotatable bonds is 4. The van der Waals surface area contributed by atoms with E-state index >= 15 is 0 Å². The summed E-state index contributed by atoms with van der Waals surface area (Å²) in [5, 5.41) is 10.2. The maximum absolute atomic E-state index is 13.0. The minimum atomic E-state index is -0.305. The van der Waals surface area contributed by atoms with E-state index in [1.807, 2.05) is 22.4 Å². The third kappa shape index (κ3) is 3.67. The normalized spacial score (nSPS) is 17.4. The van der Waals surface area contributed by atoms with Crippen molar-refractivity contribution in [1.82, 2.24) is 15.1 Å². The Kier molecular flexibility index (Phi) is 4.79. The van der Waals surface area contributed by atoms with Gasteiger partial charge in [-0.1, -0.05) is 6.07 Å². The van der Waals surface area contributed by atoms with Crippen molar-refractivity contribution in [2.75, 3.05) is 13.1 Å². The van der Waals surface area contributed by atoms with Gasteiger partial charge < -0.3 is 9.32 Å². The molecule has 1 unspecified atom stereocenters. The molecule has 0 bridgehead atoms. The van der Waals surface area contributed by atoms with Gasteiger partial charge in [-0.05, 0) is 48.6 Å². The molecule has 1 atom stereocenters. The third-order valence-corrected chi connectivity index (χ3v) is 5.44. The van der Waals surface area contributed by atoms with E-state index in [0.29, 0.717) is 30.3 Å². The topological polar surface area (TPSA) is 59.2 Å². The Morgan fingerprint density at radius 1 is 1.27 bits per heavy atom. The molecule has 2 aromatic heterocycles. The van der Waals surface area contributed by atoms with Crippen LogP contribution >= 0.6 is 11.3 Å². The van der Waals surface area contributed by atoms with Crippen LogP contribution in [0.15, 0.2) is 46.2 Å². The summed E-state index contributed by atoms with van der Waals surface area (Å²) in [6, 6.07) is 9.91. The van der Waals surface area contributed by atoms with Gasteiger partial charge in [0.25, 0.3) is 0 Å². The molecule has 134 valence electrons. The van der Waals surface area contributed by atoms with Crippen LogP contribution < -0.4 is 0 Å². The predicted octanol–water partition coefficient (Wildman–Crippen LogP) is 3.89. The molecule has 0 spiro atoms. The highest BCUT2D eigenvalue weighted by molar-refractivity contribution is 7.10. The number of benzene rings is 1. The maximum atomic E-state index is 13.0. The van der Waals surface area contributed by atoms with Crippen molar-refractivity contribution in [2.24, 2.45) is 0 Å². The first-order valence-corrected chi connectivity index (χ1v) is 9.46. The lowest BCUT2D eigenvalue weighted by Gasteiger charge is -2.31. The van der Waals surface area contributed by atoms with Gasteiger partial charge in [0.1, 0.15) is 5.82 Å². The van der Waals surface area contributed by atoms with E-state index in [2.05, 4.69) is 10.2 Å². The lowest BCUT2D eigenvalue weighted by Crippen LogP contribution is -2.39. The second-order valence-corrected chi connectivity index (χ2v) is 7.42. The Hall–Kier alpha value is -2.54. The molecular formula is C19H18FN3O2S. The molecule has 0 N–H and O–H groups in total. The molecule has 1 aliphatic rings. The number of amides is 1. The zero-order valence-electron chi connectivity index (χ0n) is 14.1. The number of likely N-dealkylation sites (tertiary alicyclic amines) is 1. The van der Waals surface area contributed by atoms with E-state index in [1.165, 1.54) is 12.1 Å². The Labute approximate surface area is 154 Å². The van der Waals surface area contributed by atoms with Crippen molar-refractivity contribution < 1.29 is 13.6 Å². The van der Waals surface area contributed by atoms with Crippen LogP contribution in [0.2, 0.25) is 0 Å². The number of carbonyl (C=O) groups is 1. The van der Waals surface area contributed by atoms with E-state index in [9.17, 15) is 9.18 Å². The summed E-state index contributed by atoms with van der Waals surface area (Å²) in [6.07, 6.45) is 2.26. The van der Waals surface area contributed by atoms with Crippen LogP contribution in [0.5, 0.6) is 0 Å². The lowest BCUT2D eigenvalue weighted by molar-refractivity contribution is -0.131. The van der Waals surface area contributed by atoms with Gasteiger partial charge in [0.15, 0.2) is 0 Å². The fraction of sp³-hybridized carbons (Fsp3) is 0.316. The van der Waals surface area contributed by atoms with Crippen LogP contribution in [0.3, 0.4) is 0 Å². The predicted molar refractivity (Wildman–Crippen MR) is 96.3 cm³/mol. The third-order valence-electron chi connectivity index (χ3n) is 4.56. The first kappa shape index (κ1) is 16.9. The average Bonchev–Trinajstić information content (AvgIpc) is 3.34. The van der Waals surface area contributed by atoms with Crippen molar-refractivity contribution >= 4 is 17.2 Å². The molecule has 26 heavy (non-hydrogen) atoms. The summed E-state index contributed by atoms with van der Waals surface area (Å²) >= 11 is 1.60. The van der Waals surface area contributed by atoms with E-state index < -0.39 is 0 Å². The van der Waals surface area contributed by atoms with Gasteiger partial charge in [-0.15, -0.1) is 21.5 Å². The highest BCUT2D eigenvalue weighted by atomic mass is 32.1. The minimum Gasteiger partial charge on any atom is -0.420 e. The maximum Gasteiger partial charge on any atom is 0.247 e. The molecule has 1 saturated heterocycles. The van der Waals surface area contributed by atoms with Crippen molar-refractivity contribution in [3.8, 4) is 11.5 Å². The van der Waals surface area contributed by atoms with Crippen molar-refractivity contribution in [1.29, 1.82) is 0 Å². The fourth-order valence-corrected chi connectivity index (χ4v) is 3.88. The molecule has 0 radical (unpaired) electrons. The van der Waals surface area contributed by atoms with E-state index in [-0.39, 0.29) is 17.6 Å². The molecule has 7 heteroatoms. The monoisotopic (exact) mass is 371 g/mol. The quantitative estimate of drug-likeness (QED) is 0.698. The number of piperidine rings is 1. The molecule has 0 aliphatic carbocycles. The van der Waals surface area contributed by atoms with Gasteiger partial charge in [-0.2, -0.15) is 0 Å². The van der Waals surface area contributed by atoms with E-state index in [0.717, 1.165) is 24.3 Å². The van der Waals surface area contributed by atoms with Gasteiger partial charge >= 0.3 is 0 Å². The Morgan fingerprint density at radius 2 is 2.12 bits per heavy atom. The van der Waals surface area contributed by atoms with Crippen molar-refractivity contribution in [3.63, 3.8) is 0 Å². The van der Waals surface area contributed by atoms with Crippen LogP contribution in [0.25, 0.3) is 11.5 Å². The Balaban J connectivity index is 1.44. The highest BCUT2D eigenvalue weighted by Crippen LogP contribution is 2.29. The SMILES string of the molecule is O=C(Cc1cccs1)N1CCCC(c2nnc(-c3ccc(F)cc3)o2)C1. The molecule has 5 nitrogen and oxygen atoms in total. The van der Waals surface area contributed by atoms with E-state index in [4.69, 9.17) is 4.42 Å². The molecule has 4 rings (SSSR count). The van der Waals surface area contributed by atoms with Gasteiger partial charge in [0.05, 0.1) is 12.3 Å². The number of thiophene rings is 1. The zero-order chi connectivity index (χ0) is 17.9. The summed E-state index contributed by atoms with van der Waals surface area (Å²) in [7, 11) is 0. The number of hydrogen-bond acceptors (Lipinski definition) is 5. The number of halogens is 1. The molecular weight excluding hydrogens is 353 g/mol.